The minimum absolute atomic E-state index is 0.0267. The van der Waals surface area contributed by atoms with E-state index in [1.807, 2.05) is 0 Å². The summed E-state index contributed by atoms with van der Waals surface area (Å²) in [6.07, 6.45) is -0.533. The zero-order chi connectivity index (χ0) is 17.7. The Hall–Kier alpha value is -0.960. The Morgan fingerprint density at radius 2 is 1.91 bits per heavy atom. The lowest BCUT2D eigenvalue weighted by Crippen LogP contribution is -2.56. The molecule has 1 N–H and O–H groups in total. The number of nitrogens with one attached hydrogen (secondary N) is 1. The number of alkyl halides is 1. The first-order valence-corrected chi connectivity index (χ1v) is 9.16. The monoisotopic (exact) mass is 367 g/mol. The lowest BCUT2D eigenvalue weighted by Gasteiger charge is -2.38. The highest BCUT2D eigenvalue weighted by Gasteiger charge is 2.60. The van der Waals surface area contributed by atoms with Crippen molar-refractivity contribution in [2.45, 2.75) is 43.0 Å². The number of halogens is 1. The van der Waals surface area contributed by atoms with Crippen molar-refractivity contribution < 1.29 is 28.2 Å². The van der Waals surface area contributed by atoms with Gasteiger partial charge in [-0.05, 0) is 13.8 Å². The molecule has 9 heteroatoms. The van der Waals surface area contributed by atoms with E-state index in [1.165, 1.54) is 30.4 Å². The van der Waals surface area contributed by atoms with Crippen LogP contribution < -0.4 is 5.32 Å². The predicted octanol–water partition coefficient (Wildman–Crippen LogP) is 1.52. The van der Waals surface area contributed by atoms with Crippen LogP contribution in [0.15, 0.2) is 0 Å². The summed E-state index contributed by atoms with van der Waals surface area (Å²) in [5.74, 6) is -0.958. The van der Waals surface area contributed by atoms with E-state index in [2.05, 4.69) is 10.1 Å². The fraction of sp³-hybridized carbons (Fsp3) is 0.786. The third-order valence-corrected chi connectivity index (χ3v) is 7.04. The van der Waals surface area contributed by atoms with Crippen molar-refractivity contribution in [2.24, 2.45) is 0 Å². The molecule has 23 heavy (non-hydrogen) atoms. The molecule has 0 aromatic rings. The SMILES string of the molecule is CCOC(=O)[C@](F)(C[C@H](NC(C)=O)C(=O)OC)C1(C)SCCS1. The van der Waals surface area contributed by atoms with Gasteiger partial charge in [0, 0.05) is 24.9 Å². The molecule has 0 aromatic heterocycles. The molecule has 1 rings (SSSR count). The number of carbonyl (C=O) groups excluding carboxylic acids is 3. The van der Waals surface area contributed by atoms with Gasteiger partial charge in [-0.25, -0.2) is 14.0 Å². The van der Waals surface area contributed by atoms with Gasteiger partial charge >= 0.3 is 11.9 Å². The molecular formula is C14H22FNO5S2. The number of carbonyl (C=O) groups is 3. The molecule has 132 valence electrons. The van der Waals surface area contributed by atoms with E-state index in [1.54, 1.807) is 13.8 Å². The van der Waals surface area contributed by atoms with Crippen LogP contribution in [0.25, 0.3) is 0 Å². The topological polar surface area (TPSA) is 81.7 Å². The van der Waals surface area contributed by atoms with Crippen LogP contribution in [0.3, 0.4) is 0 Å². The quantitative estimate of drug-likeness (QED) is 0.683. The Bertz CT molecular complexity index is 470. The molecule has 1 amide bonds. The number of hydrogen-bond donors (Lipinski definition) is 1. The van der Waals surface area contributed by atoms with E-state index in [4.69, 9.17) is 4.74 Å². The zero-order valence-corrected chi connectivity index (χ0v) is 15.3. The summed E-state index contributed by atoms with van der Waals surface area (Å²) >= 11 is 2.62. The van der Waals surface area contributed by atoms with E-state index in [-0.39, 0.29) is 6.61 Å². The summed E-state index contributed by atoms with van der Waals surface area (Å²) < 4.78 is 24.2. The molecule has 0 saturated carbocycles. The van der Waals surface area contributed by atoms with Gasteiger partial charge in [0.2, 0.25) is 11.6 Å². The lowest BCUT2D eigenvalue weighted by molar-refractivity contribution is -0.160. The van der Waals surface area contributed by atoms with Gasteiger partial charge in [-0.2, -0.15) is 0 Å². The normalized spacial score (nSPS) is 20.2. The molecule has 1 fully saturated rings. The van der Waals surface area contributed by atoms with Crippen molar-refractivity contribution in [3.05, 3.63) is 0 Å². The minimum atomic E-state index is -2.43. The van der Waals surface area contributed by atoms with E-state index < -0.39 is 40.1 Å². The Morgan fingerprint density at radius 3 is 2.35 bits per heavy atom. The standard InChI is InChI=1S/C14H22FNO5S2/c1-5-21-12(19)14(15,13(3)22-6-7-23-13)8-10(11(18)20-4)16-9(2)17/h10H,5-8H2,1-4H3,(H,16,17)/t10-,14+/m0/s1. The Labute approximate surface area is 143 Å². The van der Waals surface area contributed by atoms with Gasteiger partial charge in [0.15, 0.2) is 0 Å². The van der Waals surface area contributed by atoms with Crippen LogP contribution >= 0.6 is 23.5 Å². The van der Waals surface area contributed by atoms with Gasteiger partial charge in [0.25, 0.3) is 0 Å². The first kappa shape index (κ1) is 20.1. The smallest absolute Gasteiger partial charge is 0.346 e. The van der Waals surface area contributed by atoms with Crippen LogP contribution in [0, 0.1) is 0 Å². The number of rotatable bonds is 7. The summed E-state index contributed by atoms with van der Waals surface area (Å²) in [6.45, 7) is 4.44. The van der Waals surface area contributed by atoms with E-state index in [0.717, 1.165) is 7.11 Å². The fourth-order valence-corrected chi connectivity index (χ4v) is 5.38. The molecule has 0 unspecified atom stereocenters. The molecule has 0 bridgehead atoms. The second-order valence-corrected chi connectivity index (χ2v) is 8.43. The number of esters is 2. The Kier molecular flexibility index (Phi) is 7.19. The highest BCUT2D eigenvalue weighted by Crippen LogP contribution is 2.54. The summed E-state index contributed by atoms with van der Waals surface area (Å²) in [7, 11) is 1.14. The van der Waals surface area contributed by atoms with Crippen LogP contribution in [0.2, 0.25) is 0 Å². The highest BCUT2D eigenvalue weighted by molar-refractivity contribution is 8.21. The van der Waals surface area contributed by atoms with Gasteiger partial charge in [0.1, 0.15) is 10.1 Å². The number of methoxy groups -OCH3 is 1. The molecule has 1 heterocycles. The third-order valence-electron chi connectivity index (χ3n) is 3.51. The summed E-state index contributed by atoms with van der Waals surface area (Å²) in [5, 5.41) is 2.34. The Balaban J connectivity index is 3.14. The van der Waals surface area contributed by atoms with Gasteiger partial charge in [-0.3, -0.25) is 4.79 Å². The first-order chi connectivity index (χ1) is 10.7. The van der Waals surface area contributed by atoms with Crippen molar-refractivity contribution >= 4 is 41.4 Å². The molecule has 6 nitrogen and oxygen atoms in total. The number of thioether (sulfide) groups is 2. The van der Waals surface area contributed by atoms with Gasteiger partial charge in [0.05, 0.1) is 13.7 Å². The molecule has 2 atom stereocenters. The molecule has 1 saturated heterocycles. The van der Waals surface area contributed by atoms with E-state index in [9.17, 15) is 14.4 Å². The molecule has 0 aliphatic carbocycles. The highest BCUT2D eigenvalue weighted by atomic mass is 32.2. The van der Waals surface area contributed by atoms with Crippen LogP contribution in [0.1, 0.15) is 27.2 Å². The average molecular weight is 367 g/mol. The van der Waals surface area contributed by atoms with Crippen LogP contribution in [0.4, 0.5) is 4.39 Å². The molecular weight excluding hydrogens is 345 g/mol. The van der Waals surface area contributed by atoms with Gasteiger partial charge in [-0.15, -0.1) is 23.5 Å². The fourth-order valence-electron chi connectivity index (χ4n) is 2.31. The third kappa shape index (κ3) is 4.53. The summed E-state index contributed by atoms with van der Waals surface area (Å²) in [5.41, 5.74) is -2.43. The van der Waals surface area contributed by atoms with Gasteiger partial charge in [-0.1, -0.05) is 0 Å². The second kappa shape index (κ2) is 8.23. The predicted molar refractivity (Wildman–Crippen MR) is 88.0 cm³/mol. The first-order valence-electron chi connectivity index (χ1n) is 7.19. The maximum atomic E-state index is 15.8. The molecule has 0 aromatic carbocycles. The van der Waals surface area contributed by atoms with Crippen molar-refractivity contribution in [3.63, 3.8) is 0 Å². The Morgan fingerprint density at radius 1 is 1.35 bits per heavy atom. The number of ether oxygens (including phenoxy) is 2. The zero-order valence-electron chi connectivity index (χ0n) is 13.6. The van der Waals surface area contributed by atoms with Gasteiger partial charge < -0.3 is 14.8 Å². The van der Waals surface area contributed by atoms with Crippen molar-refractivity contribution in [2.75, 3.05) is 25.2 Å². The minimum Gasteiger partial charge on any atom is -0.467 e. The molecule has 1 aliphatic heterocycles. The average Bonchev–Trinajstić information content (AvgIpc) is 2.93. The maximum absolute atomic E-state index is 15.8. The van der Waals surface area contributed by atoms with Crippen molar-refractivity contribution in [3.8, 4) is 0 Å². The van der Waals surface area contributed by atoms with Crippen molar-refractivity contribution in [1.29, 1.82) is 0 Å². The lowest BCUT2D eigenvalue weighted by atomic mass is 9.92. The van der Waals surface area contributed by atoms with Crippen LogP contribution in [0.5, 0.6) is 0 Å². The van der Waals surface area contributed by atoms with Crippen molar-refractivity contribution in [1.82, 2.24) is 5.32 Å². The summed E-state index contributed by atoms with van der Waals surface area (Å²) in [4.78, 5) is 35.4. The molecule has 1 aliphatic rings. The molecule has 0 spiro atoms. The largest absolute Gasteiger partial charge is 0.467 e. The van der Waals surface area contributed by atoms with Crippen LogP contribution in [-0.4, -0.2) is 58.9 Å². The summed E-state index contributed by atoms with van der Waals surface area (Å²) in [6, 6.07) is -1.26. The number of amides is 1. The number of hydrogen-bond acceptors (Lipinski definition) is 7. The van der Waals surface area contributed by atoms with E-state index in [0.29, 0.717) is 11.5 Å². The van der Waals surface area contributed by atoms with E-state index >= 15 is 4.39 Å². The second-order valence-electron chi connectivity index (χ2n) is 5.14. The molecule has 0 radical (unpaired) electrons. The van der Waals surface area contributed by atoms with Crippen LogP contribution in [-0.2, 0) is 23.9 Å². The maximum Gasteiger partial charge on any atom is 0.346 e.